The first-order chi connectivity index (χ1) is 6.24. The van der Waals surface area contributed by atoms with Crippen molar-refractivity contribution >= 4 is 16.7 Å². The lowest BCUT2D eigenvalue weighted by Gasteiger charge is -2.00. The van der Waals surface area contributed by atoms with Crippen LogP contribution in [0.25, 0.3) is 15.8 Å². The molecule has 0 spiro atoms. The molecule has 0 unspecified atom stereocenters. The summed E-state index contributed by atoms with van der Waals surface area (Å²) in [5.41, 5.74) is 2.81. The Morgan fingerprint density at radius 1 is 1.38 bits per heavy atom. The van der Waals surface area contributed by atoms with Crippen LogP contribution in [-0.2, 0) is 0 Å². The molecule has 0 saturated heterocycles. The predicted octanol–water partition coefficient (Wildman–Crippen LogP) is 3.00. The molecule has 3 heteroatoms. The second kappa shape index (κ2) is 2.60. The van der Waals surface area contributed by atoms with E-state index in [9.17, 15) is 0 Å². The number of furan rings is 1. The number of rotatable bonds is 0. The molecule has 0 fully saturated rings. The average molecular weight is 172 g/mol. The van der Waals surface area contributed by atoms with Crippen molar-refractivity contribution in [3.63, 3.8) is 0 Å². The van der Waals surface area contributed by atoms with Crippen LogP contribution in [-0.4, -0.2) is 4.98 Å². The number of hydrogen-bond acceptors (Lipinski definition) is 2. The van der Waals surface area contributed by atoms with Gasteiger partial charge in [0.1, 0.15) is 5.58 Å². The van der Waals surface area contributed by atoms with E-state index in [1.54, 1.807) is 6.26 Å². The Morgan fingerprint density at radius 2 is 2.15 bits per heavy atom. The summed E-state index contributed by atoms with van der Waals surface area (Å²) in [4.78, 5) is 7.68. The molecule has 0 amide bonds. The van der Waals surface area contributed by atoms with Gasteiger partial charge in [0.25, 0.3) is 0 Å². The van der Waals surface area contributed by atoms with Gasteiger partial charge in [-0.25, -0.2) is 4.85 Å². The lowest BCUT2D eigenvalue weighted by molar-refractivity contribution is 0.617. The van der Waals surface area contributed by atoms with Crippen molar-refractivity contribution in [1.82, 2.24) is 4.98 Å². The van der Waals surface area contributed by atoms with Crippen molar-refractivity contribution in [2.24, 2.45) is 0 Å². The maximum Gasteiger partial charge on any atom is 0.250 e. The predicted molar refractivity (Wildman–Crippen MR) is 49.7 cm³/mol. The van der Waals surface area contributed by atoms with Gasteiger partial charge >= 0.3 is 0 Å². The number of nitrogens with zero attached hydrogens (tertiary/aromatic N) is 2. The Morgan fingerprint density at radius 3 is 2.85 bits per heavy atom. The maximum absolute atomic E-state index is 7.00. The minimum absolute atomic E-state index is 0.519. The quantitative estimate of drug-likeness (QED) is 0.572. The van der Waals surface area contributed by atoms with Crippen LogP contribution < -0.4 is 0 Å². The number of hydrogen-bond donors (Lipinski definition) is 0. The minimum Gasteiger partial charge on any atom is -0.475 e. The second-order valence-corrected chi connectivity index (χ2v) is 2.91. The molecule has 0 atom stereocenters. The van der Waals surface area contributed by atoms with Crippen molar-refractivity contribution in [1.29, 1.82) is 0 Å². The molecule has 0 saturated carbocycles. The van der Waals surface area contributed by atoms with Crippen LogP contribution in [0.2, 0.25) is 0 Å². The molecule has 2 aromatic rings. The van der Waals surface area contributed by atoms with Crippen LogP contribution in [0.1, 0.15) is 11.4 Å². The molecule has 13 heavy (non-hydrogen) atoms. The molecule has 2 rings (SSSR count). The summed E-state index contributed by atoms with van der Waals surface area (Å²) in [6.45, 7) is 10.7. The maximum atomic E-state index is 7.00. The lowest BCUT2D eigenvalue weighted by atomic mass is 10.2. The summed E-state index contributed by atoms with van der Waals surface area (Å²) in [5, 5.41) is 0.927. The smallest absolute Gasteiger partial charge is 0.250 e. The number of aromatic nitrogens is 1. The van der Waals surface area contributed by atoms with Crippen molar-refractivity contribution in [2.75, 3.05) is 0 Å². The molecular formula is C10H8N2O. The molecule has 0 radical (unpaired) electrons. The minimum atomic E-state index is 0.519. The SMILES string of the molecule is [C-]#[N+]c1c(C)nc(C)c2ccoc12. The third-order valence-corrected chi connectivity index (χ3v) is 2.06. The van der Waals surface area contributed by atoms with Crippen LogP contribution in [0.3, 0.4) is 0 Å². The third-order valence-electron chi connectivity index (χ3n) is 2.06. The van der Waals surface area contributed by atoms with Gasteiger partial charge in [0, 0.05) is 16.8 Å². The van der Waals surface area contributed by atoms with Gasteiger partial charge in [-0.3, -0.25) is 4.98 Å². The van der Waals surface area contributed by atoms with Crippen molar-refractivity contribution in [2.45, 2.75) is 13.8 Å². The fourth-order valence-corrected chi connectivity index (χ4v) is 1.44. The van der Waals surface area contributed by atoms with Crippen LogP contribution in [0, 0.1) is 20.4 Å². The first kappa shape index (κ1) is 7.81. The van der Waals surface area contributed by atoms with Crippen molar-refractivity contribution in [3.8, 4) is 0 Å². The molecule has 0 aliphatic carbocycles. The third kappa shape index (κ3) is 0.994. The van der Waals surface area contributed by atoms with Gasteiger partial charge in [-0.2, -0.15) is 0 Å². The number of aryl methyl sites for hydroxylation is 2. The normalized spacial score (nSPS) is 10.2. The zero-order chi connectivity index (χ0) is 9.42. The second-order valence-electron chi connectivity index (χ2n) is 2.91. The molecule has 2 aromatic heterocycles. The van der Waals surface area contributed by atoms with Gasteiger partial charge < -0.3 is 4.42 Å². The van der Waals surface area contributed by atoms with Gasteiger partial charge in [0.15, 0.2) is 0 Å². The molecule has 0 N–H and O–H groups in total. The van der Waals surface area contributed by atoms with Crippen LogP contribution >= 0.6 is 0 Å². The molecule has 0 bridgehead atoms. The van der Waals surface area contributed by atoms with E-state index >= 15 is 0 Å². The zero-order valence-corrected chi connectivity index (χ0v) is 7.46. The fourth-order valence-electron chi connectivity index (χ4n) is 1.44. The van der Waals surface area contributed by atoms with Crippen LogP contribution in [0.4, 0.5) is 5.69 Å². The first-order valence-electron chi connectivity index (χ1n) is 3.96. The Balaban J connectivity index is 2.99. The van der Waals surface area contributed by atoms with Gasteiger partial charge in [-0.15, -0.1) is 0 Å². The molecular weight excluding hydrogens is 164 g/mol. The Kier molecular flexibility index (Phi) is 1.56. The van der Waals surface area contributed by atoms with E-state index in [1.165, 1.54) is 0 Å². The van der Waals surface area contributed by atoms with Crippen LogP contribution in [0.15, 0.2) is 16.7 Å². The topological polar surface area (TPSA) is 30.4 Å². The monoisotopic (exact) mass is 172 g/mol. The Labute approximate surface area is 75.8 Å². The van der Waals surface area contributed by atoms with Crippen molar-refractivity contribution < 1.29 is 4.42 Å². The summed E-state index contributed by atoms with van der Waals surface area (Å²) < 4.78 is 5.25. The van der Waals surface area contributed by atoms with Gasteiger partial charge in [0.2, 0.25) is 5.69 Å². The molecule has 0 aromatic carbocycles. The average Bonchev–Trinajstić information content (AvgIpc) is 2.53. The van der Waals surface area contributed by atoms with E-state index in [1.807, 2.05) is 19.9 Å². The van der Waals surface area contributed by atoms with E-state index in [-0.39, 0.29) is 0 Å². The van der Waals surface area contributed by atoms with E-state index in [4.69, 9.17) is 11.0 Å². The standard InChI is InChI=1S/C10H8N2O/c1-6-8-4-5-13-10(8)9(11-3)7(2)12-6/h4-5H,1-2H3. The van der Waals surface area contributed by atoms with E-state index in [0.717, 1.165) is 16.8 Å². The molecule has 0 aliphatic rings. The largest absolute Gasteiger partial charge is 0.475 e. The highest BCUT2D eigenvalue weighted by molar-refractivity contribution is 5.91. The lowest BCUT2D eigenvalue weighted by Crippen LogP contribution is -1.86. The molecule has 64 valence electrons. The summed E-state index contributed by atoms with van der Waals surface area (Å²) >= 11 is 0. The van der Waals surface area contributed by atoms with Crippen LogP contribution in [0.5, 0.6) is 0 Å². The molecule has 2 heterocycles. The highest BCUT2D eigenvalue weighted by atomic mass is 16.3. The van der Waals surface area contributed by atoms with Crippen molar-refractivity contribution in [3.05, 3.63) is 35.1 Å². The Hall–Kier alpha value is -1.82. The number of fused-ring (bicyclic) bond motifs is 1. The van der Waals surface area contributed by atoms with Gasteiger partial charge in [-0.1, -0.05) is 0 Å². The van der Waals surface area contributed by atoms with E-state index < -0.39 is 0 Å². The highest BCUT2D eigenvalue weighted by Crippen LogP contribution is 2.30. The molecule has 3 nitrogen and oxygen atoms in total. The summed E-state index contributed by atoms with van der Waals surface area (Å²) in [5.74, 6) is 0. The molecule has 0 aliphatic heterocycles. The summed E-state index contributed by atoms with van der Waals surface area (Å²) in [7, 11) is 0. The Bertz CT molecular complexity index is 505. The first-order valence-corrected chi connectivity index (χ1v) is 3.96. The highest BCUT2D eigenvalue weighted by Gasteiger charge is 2.11. The zero-order valence-electron chi connectivity index (χ0n) is 7.46. The van der Waals surface area contributed by atoms with Gasteiger partial charge in [0.05, 0.1) is 12.8 Å². The summed E-state index contributed by atoms with van der Waals surface area (Å²) in [6.07, 6.45) is 1.59. The fraction of sp³-hybridized carbons (Fsp3) is 0.200. The summed E-state index contributed by atoms with van der Waals surface area (Å²) in [6, 6.07) is 1.84. The number of pyridine rings is 1. The van der Waals surface area contributed by atoms with E-state index in [0.29, 0.717) is 11.3 Å². The van der Waals surface area contributed by atoms with E-state index in [2.05, 4.69) is 9.83 Å². The van der Waals surface area contributed by atoms with Gasteiger partial charge in [-0.05, 0) is 19.9 Å².